The molecule has 124 valence electrons. The Balaban J connectivity index is 1.91. The lowest BCUT2D eigenvalue weighted by molar-refractivity contribution is 0.0955. The number of aryl methyl sites for hydroxylation is 1. The van der Waals surface area contributed by atoms with Gasteiger partial charge in [-0.25, -0.2) is 4.98 Å². The van der Waals surface area contributed by atoms with Crippen LogP contribution in [0.5, 0.6) is 0 Å². The van der Waals surface area contributed by atoms with E-state index in [4.69, 9.17) is 4.52 Å². The summed E-state index contributed by atoms with van der Waals surface area (Å²) in [5.74, 6) is 0.394. The van der Waals surface area contributed by atoms with Crippen LogP contribution in [0.15, 0.2) is 10.6 Å². The third kappa shape index (κ3) is 3.52. The van der Waals surface area contributed by atoms with Gasteiger partial charge >= 0.3 is 0 Å². The maximum atomic E-state index is 12.6. The number of fused-ring (bicyclic) bond motifs is 1. The first-order valence-corrected chi connectivity index (χ1v) is 8.52. The fourth-order valence-electron chi connectivity index (χ4n) is 2.74. The number of rotatable bonds is 8. The minimum atomic E-state index is -0.0715. The summed E-state index contributed by atoms with van der Waals surface area (Å²) in [6.45, 7) is 6.39. The predicted molar refractivity (Wildman–Crippen MR) is 88.7 cm³/mol. The van der Waals surface area contributed by atoms with Crippen molar-refractivity contribution in [1.29, 1.82) is 0 Å². The third-order valence-corrected chi connectivity index (χ3v) is 4.10. The molecule has 1 amide bonds. The molecule has 1 fully saturated rings. The fraction of sp³-hybridized carbons (Fsp3) is 0.588. The molecule has 1 saturated carbocycles. The second-order valence-electron chi connectivity index (χ2n) is 6.04. The molecule has 2 aromatic heterocycles. The highest BCUT2D eigenvalue weighted by Gasteiger charge is 2.28. The maximum Gasteiger partial charge on any atom is 0.259 e. The normalized spacial score (nSPS) is 14.3. The van der Waals surface area contributed by atoms with E-state index in [1.54, 1.807) is 0 Å². The molecule has 0 radical (unpaired) electrons. The van der Waals surface area contributed by atoms with E-state index in [1.807, 2.05) is 13.0 Å². The molecule has 2 aromatic rings. The van der Waals surface area contributed by atoms with Gasteiger partial charge in [0.1, 0.15) is 0 Å². The van der Waals surface area contributed by atoms with Gasteiger partial charge in [-0.2, -0.15) is 0 Å². The average molecular weight is 316 g/mol. The van der Waals surface area contributed by atoms with E-state index in [2.05, 4.69) is 27.7 Å². The molecule has 6 nitrogen and oxygen atoms in total. The van der Waals surface area contributed by atoms with Crippen molar-refractivity contribution < 1.29 is 9.32 Å². The van der Waals surface area contributed by atoms with Gasteiger partial charge in [0.05, 0.1) is 16.6 Å². The Hall–Kier alpha value is -1.95. The number of hydrogen-bond acceptors (Lipinski definition) is 5. The molecule has 0 aromatic carbocycles. The monoisotopic (exact) mass is 316 g/mol. The van der Waals surface area contributed by atoms with E-state index < -0.39 is 0 Å². The van der Waals surface area contributed by atoms with Gasteiger partial charge in [0.25, 0.3) is 11.6 Å². The van der Waals surface area contributed by atoms with Crippen molar-refractivity contribution in [2.24, 2.45) is 0 Å². The van der Waals surface area contributed by atoms with Crippen molar-refractivity contribution in [1.82, 2.24) is 20.8 Å². The van der Waals surface area contributed by atoms with Crippen molar-refractivity contribution in [3.8, 4) is 0 Å². The summed E-state index contributed by atoms with van der Waals surface area (Å²) in [6, 6.07) is 1.93. The highest BCUT2D eigenvalue weighted by atomic mass is 16.5. The number of amides is 1. The summed E-state index contributed by atoms with van der Waals surface area (Å²) >= 11 is 0. The van der Waals surface area contributed by atoms with E-state index >= 15 is 0 Å². The zero-order valence-electron chi connectivity index (χ0n) is 13.8. The van der Waals surface area contributed by atoms with Crippen LogP contribution in [-0.4, -0.2) is 35.7 Å². The van der Waals surface area contributed by atoms with Crippen LogP contribution in [0.3, 0.4) is 0 Å². The predicted octanol–water partition coefficient (Wildman–Crippen LogP) is 2.39. The van der Waals surface area contributed by atoms with E-state index in [0.717, 1.165) is 55.5 Å². The summed E-state index contributed by atoms with van der Waals surface area (Å²) in [5.41, 5.74) is 2.93. The Kier molecular flexibility index (Phi) is 4.91. The van der Waals surface area contributed by atoms with Crippen molar-refractivity contribution in [2.45, 2.75) is 45.4 Å². The Morgan fingerprint density at radius 3 is 2.87 bits per heavy atom. The smallest absolute Gasteiger partial charge is 0.259 e. The second-order valence-corrected chi connectivity index (χ2v) is 6.04. The molecule has 0 unspecified atom stereocenters. The topological polar surface area (TPSA) is 80.0 Å². The van der Waals surface area contributed by atoms with Crippen LogP contribution in [0.25, 0.3) is 11.1 Å². The maximum absolute atomic E-state index is 12.6. The van der Waals surface area contributed by atoms with Gasteiger partial charge in [0, 0.05) is 24.7 Å². The van der Waals surface area contributed by atoms with Crippen LogP contribution in [0, 0.1) is 0 Å². The van der Waals surface area contributed by atoms with Gasteiger partial charge in [-0.05, 0) is 31.9 Å². The van der Waals surface area contributed by atoms with Gasteiger partial charge < -0.3 is 15.2 Å². The van der Waals surface area contributed by atoms with Crippen molar-refractivity contribution >= 4 is 17.0 Å². The average Bonchev–Trinajstić information content (AvgIpc) is 3.33. The molecule has 0 atom stereocenters. The second kappa shape index (κ2) is 7.08. The summed E-state index contributed by atoms with van der Waals surface area (Å²) in [5, 5.41) is 11.1. The van der Waals surface area contributed by atoms with E-state index in [9.17, 15) is 4.79 Å². The zero-order valence-corrected chi connectivity index (χ0v) is 13.8. The molecule has 0 aliphatic heterocycles. The quantitative estimate of drug-likeness (QED) is 0.731. The molecule has 2 heterocycles. The lowest BCUT2D eigenvalue weighted by atomic mass is 10.1. The van der Waals surface area contributed by atoms with Gasteiger partial charge in [-0.1, -0.05) is 25.4 Å². The SMILES string of the molecule is CCCc1noc2nc(C3CC3)cc(C(=O)NCCNCC)c12. The minimum Gasteiger partial charge on any atom is -0.351 e. The first kappa shape index (κ1) is 15.9. The molecule has 1 aliphatic carbocycles. The van der Waals surface area contributed by atoms with Crippen molar-refractivity contribution in [2.75, 3.05) is 19.6 Å². The molecular formula is C17H24N4O2. The first-order chi connectivity index (χ1) is 11.2. The van der Waals surface area contributed by atoms with Gasteiger partial charge in [0.2, 0.25) is 0 Å². The Morgan fingerprint density at radius 2 is 2.17 bits per heavy atom. The molecule has 0 spiro atoms. The zero-order chi connectivity index (χ0) is 16.2. The van der Waals surface area contributed by atoms with Gasteiger partial charge in [0.15, 0.2) is 0 Å². The lowest BCUT2D eigenvalue weighted by Crippen LogP contribution is -2.32. The van der Waals surface area contributed by atoms with Crippen LogP contribution < -0.4 is 10.6 Å². The Morgan fingerprint density at radius 1 is 1.35 bits per heavy atom. The number of nitrogens with one attached hydrogen (secondary N) is 2. The summed E-state index contributed by atoms with van der Waals surface area (Å²) in [7, 11) is 0. The molecule has 23 heavy (non-hydrogen) atoms. The summed E-state index contributed by atoms with van der Waals surface area (Å²) in [4.78, 5) is 17.2. The lowest BCUT2D eigenvalue weighted by Gasteiger charge is -2.08. The largest absolute Gasteiger partial charge is 0.351 e. The minimum absolute atomic E-state index is 0.0715. The third-order valence-electron chi connectivity index (χ3n) is 4.10. The molecule has 0 saturated heterocycles. The molecule has 6 heteroatoms. The van der Waals surface area contributed by atoms with Crippen LogP contribution in [0.2, 0.25) is 0 Å². The van der Waals surface area contributed by atoms with Crippen LogP contribution in [0.1, 0.15) is 60.8 Å². The van der Waals surface area contributed by atoms with Crippen molar-refractivity contribution in [3.05, 3.63) is 23.0 Å². The van der Waals surface area contributed by atoms with E-state index in [-0.39, 0.29) is 5.91 Å². The number of nitrogens with zero attached hydrogens (tertiary/aromatic N) is 2. The number of aromatic nitrogens is 2. The van der Waals surface area contributed by atoms with Gasteiger partial charge in [-0.15, -0.1) is 0 Å². The van der Waals surface area contributed by atoms with Crippen LogP contribution in [0.4, 0.5) is 0 Å². The number of carbonyl (C=O) groups excluding carboxylic acids is 1. The first-order valence-electron chi connectivity index (χ1n) is 8.52. The van der Waals surface area contributed by atoms with Crippen LogP contribution >= 0.6 is 0 Å². The molecule has 3 rings (SSSR count). The van der Waals surface area contributed by atoms with E-state index in [1.165, 1.54) is 0 Å². The number of hydrogen-bond donors (Lipinski definition) is 2. The van der Waals surface area contributed by atoms with Crippen molar-refractivity contribution in [3.63, 3.8) is 0 Å². The number of pyridine rings is 1. The molecule has 1 aliphatic rings. The molecular weight excluding hydrogens is 292 g/mol. The van der Waals surface area contributed by atoms with E-state index in [0.29, 0.717) is 23.7 Å². The number of likely N-dealkylation sites (N-methyl/N-ethyl adjacent to an activating group) is 1. The van der Waals surface area contributed by atoms with Gasteiger partial charge in [-0.3, -0.25) is 4.79 Å². The molecule has 0 bridgehead atoms. The summed E-state index contributed by atoms with van der Waals surface area (Å²) in [6.07, 6.45) is 4.01. The Labute approximate surface area is 136 Å². The standard InChI is InChI=1S/C17H24N4O2/c1-3-5-13-15-12(16(22)19-9-8-18-4-2)10-14(11-6-7-11)20-17(15)23-21-13/h10-11,18H,3-9H2,1-2H3,(H,19,22). The number of carbonyl (C=O) groups is 1. The van der Waals surface area contributed by atoms with Crippen LogP contribution in [-0.2, 0) is 6.42 Å². The highest BCUT2D eigenvalue weighted by Crippen LogP contribution is 2.40. The summed E-state index contributed by atoms with van der Waals surface area (Å²) < 4.78 is 5.40. The molecule has 2 N–H and O–H groups in total. The highest BCUT2D eigenvalue weighted by molar-refractivity contribution is 6.06. The fourth-order valence-corrected chi connectivity index (χ4v) is 2.74. The Bertz CT molecular complexity index is 691.